The fourth-order valence-electron chi connectivity index (χ4n) is 2.24. The van der Waals surface area contributed by atoms with Crippen molar-refractivity contribution in [2.45, 2.75) is 32.6 Å². The van der Waals surface area contributed by atoms with Crippen LogP contribution in [0.2, 0.25) is 0 Å². The van der Waals surface area contributed by atoms with Gasteiger partial charge in [-0.1, -0.05) is 43.3 Å². The lowest BCUT2D eigenvalue weighted by atomic mass is 10.1. The van der Waals surface area contributed by atoms with Crippen molar-refractivity contribution in [1.29, 1.82) is 0 Å². The van der Waals surface area contributed by atoms with Crippen molar-refractivity contribution in [2.75, 3.05) is 26.0 Å². The number of rotatable bonds is 12. The summed E-state index contributed by atoms with van der Waals surface area (Å²) in [5.74, 6) is 0.0279. The van der Waals surface area contributed by atoms with E-state index in [2.05, 4.69) is 14.8 Å². The minimum Gasteiger partial charge on any atom is -0.386 e. The third-order valence-corrected chi connectivity index (χ3v) is 4.00. The van der Waals surface area contributed by atoms with E-state index in [9.17, 15) is 13.2 Å². The molecule has 7 heteroatoms. The van der Waals surface area contributed by atoms with Crippen molar-refractivity contribution in [1.82, 2.24) is 10.6 Å². The van der Waals surface area contributed by atoms with E-state index in [0.29, 0.717) is 25.9 Å². The van der Waals surface area contributed by atoms with Gasteiger partial charge in [-0.15, -0.1) is 0 Å². The number of nitrogens with one attached hydrogen (secondary N) is 2. The zero-order valence-electron chi connectivity index (χ0n) is 15.0. The van der Waals surface area contributed by atoms with Crippen LogP contribution in [-0.2, 0) is 25.5 Å². The molecule has 0 aromatic heterocycles. The Morgan fingerprint density at radius 1 is 1.12 bits per heavy atom. The molecule has 0 atom stereocenters. The molecule has 140 valence electrons. The van der Waals surface area contributed by atoms with Gasteiger partial charge in [-0.05, 0) is 18.4 Å². The first-order valence-corrected chi connectivity index (χ1v) is 10.3. The van der Waals surface area contributed by atoms with Gasteiger partial charge in [0.05, 0.1) is 12.9 Å². The molecule has 0 radical (unpaired) electrons. The highest BCUT2D eigenvalue weighted by molar-refractivity contribution is 7.85. The van der Waals surface area contributed by atoms with Crippen molar-refractivity contribution < 1.29 is 17.4 Å². The van der Waals surface area contributed by atoms with Gasteiger partial charge in [0.1, 0.15) is 0 Å². The summed E-state index contributed by atoms with van der Waals surface area (Å²) in [5, 5.41) is 6.05. The van der Waals surface area contributed by atoms with E-state index in [0.717, 1.165) is 30.4 Å². The van der Waals surface area contributed by atoms with Crippen molar-refractivity contribution in [3.63, 3.8) is 0 Å². The number of hydrogen-bond acceptors (Lipinski definition) is 5. The molecule has 0 saturated heterocycles. The maximum absolute atomic E-state index is 11.9. The molecule has 0 aliphatic heterocycles. The average Bonchev–Trinajstić information content (AvgIpc) is 2.57. The fourth-order valence-corrected chi connectivity index (χ4v) is 2.63. The van der Waals surface area contributed by atoms with E-state index < -0.39 is 10.1 Å². The molecule has 0 spiro atoms. The molecule has 0 aliphatic carbocycles. The number of carbonyl (C=O) groups excluding carboxylic acids is 1. The first kappa shape index (κ1) is 21.2. The molecule has 0 aliphatic rings. The van der Waals surface area contributed by atoms with Gasteiger partial charge in [0.25, 0.3) is 10.1 Å². The highest BCUT2D eigenvalue weighted by Crippen LogP contribution is 2.03. The Balaban J connectivity index is 2.23. The number of allylic oxidation sites excluding steroid dienone is 1. The van der Waals surface area contributed by atoms with Crippen LogP contribution in [0.1, 0.15) is 31.7 Å². The van der Waals surface area contributed by atoms with Crippen LogP contribution in [0.15, 0.2) is 42.1 Å². The highest BCUT2D eigenvalue weighted by Gasteiger charge is 2.04. The number of amides is 1. The molecule has 6 nitrogen and oxygen atoms in total. The lowest BCUT2D eigenvalue weighted by Crippen LogP contribution is -2.28. The molecule has 0 saturated carbocycles. The normalized spacial score (nSPS) is 12.0. The largest absolute Gasteiger partial charge is 0.386 e. The Hall–Kier alpha value is -1.86. The molecule has 1 aromatic rings. The van der Waals surface area contributed by atoms with Gasteiger partial charge in [-0.25, -0.2) is 0 Å². The third-order valence-electron chi connectivity index (χ3n) is 3.40. The SMILES string of the molecule is CC/C=C(\CCNC(=O)CCc1ccccc1)NCCOS(C)(=O)=O. The molecule has 1 rings (SSSR count). The van der Waals surface area contributed by atoms with Gasteiger partial charge in [-0.2, -0.15) is 8.42 Å². The monoisotopic (exact) mass is 368 g/mol. The van der Waals surface area contributed by atoms with Crippen molar-refractivity contribution in [3.8, 4) is 0 Å². The van der Waals surface area contributed by atoms with E-state index in [1.807, 2.05) is 43.3 Å². The highest BCUT2D eigenvalue weighted by atomic mass is 32.2. The molecule has 0 bridgehead atoms. The molecular weight excluding hydrogens is 340 g/mol. The summed E-state index contributed by atoms with van der Waals surface area (Å²) in [6, 6.07) is 9.91. The van der Waals surface area contributed by atoms with Crippen LogP contribution >= 0.6 is 0 Å². The molecular formula is C18H28N2O4S. The summed E-state index contributed by atoms with van der Waals surface area (Å²) < 4.78 is 26.5. The smallest absolute Gasteiger partial charge is 0.264 e. The zero-order chi connectivity index (χ0) is 18.5. The zero-order valence-corrected chi connectivity index (χ0v) is 15.8. The summed E-state index contributed by atoms with van der Waals surface area (Å²) in [6.45, 7) is 3.05. The second-order valence-corrected chi connectivity index (χ2v) is 7.32. The van der Waals surface area contributed by atoms with Crippen molar-refractivity contribution >= 4 is 16.0 Å². The van der Waals surface area contributed by atoms with Crippen LogP contribution in [0.5, 0.6) is 0 Å². The number of carbonyl (C=O) groups is 1. The number of aryl methyl sites for hydroxylation is 1. The quantitative estimate of drug-likeness (QED) is 0.435. The van der Waals surface area contributed by atoms with Crippen LogP contribution < -0.4 is 10.6 Å². The Morgan fingerprint density at radius 2 is 1.84 bits per heavy atom. The maximum atomic E-state index is 11.9. The van der Waals surface area contributed by atoms with Crippen LogP contribution in [0.3, 0.4) is 0 Å². The molecule has 1 aromatic carbocycles. The molecule has 0 unspecified atom stereocenters. The van der Waals surface area contributed by atoms with Gasteiger partial charge in [0, 0.05) is 31.6 Å². The molecule has 25 heavy (non-hydrogen) atoms. The van der Waals surface area contributed by atoms with Crippen LogP contribution in [0.4, 0.5) is 0 Å². The van der Waals surface area contributed by atoms with Gasteiger partial charge in [0.15, 0.2) is 0 Å². The summed E-state index contributed by atoms with van der Waals surface area (Å²) in [5.41, 5.74) is 2.12. The maximum Gasteiger partial charge on any atom is 0.264 e. The lowest BCUT2D eigenvalue weighted by molar-refractivity contribution is -0.121. The summed E-state index contributed by atoms with van der Waals surface area (Å²) in [6.07, 6.45) is 5.77. The Labute approximate surface area is 150 Å². The predicted molar refractivity (Wildman–Crippen MR) is 99.6 cm³/mol. The van der Waals surface area contributed by atoms with Gasteiger partial charge in [0.2, 0.25) is 5.91 Å². The molecule has 0 fully saturated rings. The van der Waals surface area contributed by atoms with Crippen LogP contribution in [-0.4, -0.2) is 40.3 Å². The van der Waals surface area contributed by atoms with E-state index in [4.69, 9.17) is 0 Å². The summed E-state index contributed by atoms with van der Waals surface area (Å²) in [7, 11) is -3.41. The first-order chi connectivity index (χ1) is 11.9. The minimum atomic E-state index is -3.41. The fraction of sp³-hybridized carbons (Fsp3) is 0.500. The second kappa shape index (κ2) is 11.7. The van der Waals surface area contributed by atoms with E-state index in [1.54, 1.807) is 0 Å². The van der Waals surface area contributed by atoms with Crippen LogP contribution in [0, 0.1) is 0 Å². The van der Waals surface area contributed by atoms with Gasteiger partial charge >= 0.3 is 0 Å². The van der Waals surface area contributed by atoms with Crippen LogP contribution in [0.25, 0.3) is 0 Å². The van der Waals surface area contributed by atoms with Gasteiger partial charge < -0.3 is 10.6 Å². The summed E-state index contributed by atoms with van der Waals surface area (Å²) >= 11 is 0. The molecule has 0 heterocycles. The van der Waals surface area contributed by atoms with E-state index in [-0.39, 0.29) is 12.5 Å². The van der Waals surface area contributed by atoms with E-state index >= 15 is 0 Å². The van der Waals surface area contributed by atoms with Gasteiger partial charge in [-0.3, -0.25) is 8.98 Å². The number of hydrogen-bond donors (Lipinski definition) is 2. The summed E-state index contributed by atoms with van der Waals surface area (Å²) in [4.78, 5) is 11.9. The minimum absolute atomic E-state index is 0.0279. The van der Waals surface area contributed by atoms with Crippen molar-refractivity contribution in [2.24, 2.45) is 0 Å². The lowest BCUT2D eigenvalue weighted by Gasteiger charge is -2.12. The van der Waals surface area contributed by atoms with Crippen molar-refractivity contribution in [3.05, 3.63) is 47.7 Å². The molecule has 1 amide bonds. The predicted octanol–water partition coefficient (Wildman–Crippen LogP) is 1.99. The molecule has 2 N–H and O–H groups in total. The Morgan fingerprint density at radius 3 is 2.48 bits per heavy atom. The number of benzene rings is 1. The average molecular weight is 368 g/mol. The second-order valence-electron chi connectivity index (χ2n) is 5.68. The first-order valence-electron chi connectivity index (χ1n) is 8.48. The van der Waals surface area contributed by atoms with E-state index in [1.165, 1.54) is 0 Å². The standard InChI is InChI=1S/C18H28N2O4S/c1-3-7-17(19-14-15-24-25(2,22)23)12-13-20-18(21)11-10-16-8-5-4-6-9-16/h4-9,19H,3,10-15H2,1-2H3,(H,20,21)/b17-7+. The Kier molecular flexibility index (Phi) is 9.87. The topological polar surface area (TPSA) is 84.5 Å². The Bertz CT molecular complexity index is 642. The third kappa shape index (κ3) is 11.3.